The van der Waals surface area contributed by atoms with Gasteiger partial charge in [-0.05, 0) is 44.9 Å². The minimum absolute atomic E-state index is 0.171. The number of hydrogen-bond donors (Lipinski definition) is 2. The van der Waals surface area contributed by atoms with Crippen molar-refractivity contribution in [2.75, 3.05) is 40.7 Å². The number of allylic oxidation sites excluding steroid dienone is 3. The lowest BCUT2D eigenvalue weighted by Gasteiger charge is -2.29. The topological polar surface area (TPSA) is 108 Å². The van der Waals surface area contributed by atoms with Crippen LogP contribution in [0, 0.1) is 0 Å². The lowest BCUT2D eigenvalue weighted by atomic mass is 10.0. The van der Waals surface area contributed by atoms with E-state index in [2.05, 4.69) is 31.3 Å². The first-order valence-corrected chi connectivity index (χ1v) is 24.5. The Bertz CT molecular complexity index is 1230. The molecular formula is C47H93N2O6P. The van der Waals surface area contributed by atoms with Crippen molar-refractivity contribution in [3.63, 3.8) is 0 Å². The monoisotopic (exact) mass is 822 g/mol. The van der Waals surface area contributed by atoms with E-state index in [1.807, 2.05) is 0 Å². The van der Waals surface area contributed by atoms with Gasteiger partial charge in [-0.1, -0.05) is 192 Å². The summed E-state index contributed by atoms with van der Waals surface area (Å²) < 4.78 is 89.6. The summed E-state index contributed by atoms with van der Waals surface area (Å²) in [6.45, 7) is -9.32. The molecule has 0 heterocycles. The zero-order valence-corrected chi connectivity index (χ0v) is 37.0. The van der Waals surface area contributed by atoms with Crippen molar-refractivity contribution >= 4 is 13.7 Å². The fraction of sp³-hybridized carbons (Fsp3) is 0.894. The number of rotatable bonds is 43. The lowest BCUT2D eigenvalue weighted by Crippen LogP contribution is -2.45. The number of nitrogens with one attached hydrogen (secondary N) is 1. The number of phosphoric ester groups is 1. The summed E-state index contributed by atoms with van der Waals surface area (Å²) >= 11 is 0. The molecule has 3 atom stereocenters. The van der Waals surface area contributed by atoms with E-state index >= 15 is 0 Å². The predicted molar refractivity (Wildman–Crippen MR) is 238 cm³/mol. The SMILES string of the molecule is [2H]C([2H])([2H])[N+](CCOP(=O)([O-])OC[C@H](NC(=O)CCCCCCCCCCCCC/C=C/CCCCCCCC)[C@H](O)/C=C/CCCCCCCCCCCCC)(C([2H])([2H])[2H])C([2H])([2H])[2H]. The largest absolute Gasteiger partial charge is 0.756 e. The van der Waals surface area contributed by atoms with Crippen molar-refractivity contribution in [3.05, 3.63) is 24.3 Å². The van der Waals surface area contributed by atoms with E-state index in [-0.39, 0.29) is 12.3 Å². The Morgan fingerprint density at radius 2 is 1.04 bits per heavy atom. The van der Waals surface area contributed by atoms with Gasteiger partial charge in [-0.25, -0.2) is 0 Å². The summed E-state index contributed by atoms with van der Waals surface area (Å²) in [5.74, 6) is -0.388. The Balaban J connectivity index is 4.88. The van der Waals surface area contributed by atoms with Gasteiger partial charge in [0.15, 0.2) is 0 Å². The highest BCUT2D eigenvalue weighted by Gasteiger charge is 2.23. The van der Waals surface area contributed by atoms with E-state index < -0.39 is 65.1 Å². The molecule has 1 unspecified atom stereocenters. The van der Waals surface area contributed by atoms with Crippen LogP contribution >= 0.6 is 7.82 Å². The number of unbranched alkanes of at least 4 members (excludes halogenated alkanes) is 28. The van der Waals surface area contributed by atoms with E-state index in [0.29, 0.717) is 12.8 Å². The molecular weight excluding hydrogens is 719 g/mol. The maximum absolute atomic E-state index is 13.0. The highest BCUT2D eigenvalue weighted by Crippen LogP contribution is 2.38. The average Bonchev–Trinajstić information content (AvgIpc) is 3.21. The maximum Gasteiger partial charge on any atom is 0.268 e. The first-order valence-electron chi connectivity index (χ1n) is 27.5. The number of nitrogens with zero attached hydrogens (tertiary/aromatic N) is 1. The van der Waals surface area contributed by atoms with Gasteiger partial charge in [-0.2, -0.15) is 0 Å². The van der Waals surface area contributed by atoms with Crippen molar-refractivity contribution in [3.8, 4) is 0 Å². The molecule has 1 amide bonds. The van der Waals surface area contributed by atoms with E-state index in [9.17, 15) is 19.4 Å². The molecule has 0 aromatic carbocycles. The first kappa shape index (κ1) is 40.4. The molecule has 0 spiro atoms. The molecule has 0 fully saturated rings. The van der Waals surface area contributed by atoms with Crippen LogP contribution < -0.4 is 10.2 Å². The van der Waals surface area contributed by atoms with Crippen molar-refractivity contribution in [1.29, 1.82) is 0 Å². The van der Waals surface area contributed by atoms with Crippen molar-refractivity contribution in [1.82, 2.24) is 5.32 Å². The summed E-state index contributed by atoms with van der Waals surface area (Å²) in [7, 11) is -5.29. The molecule has 0 aliphatic carbocycles. The zero-order chi connectivity index (χ0) is 48.9. The molecule has 0 saturated heterocycles. The lowest BCUT2D eigenvalue weighted by molar-refractivity contribution is -0.870. The Labute approximate surface area is 360 Å². The minimum Gasteiger partial charge on any atom is -0.756 e. The van der Waals surface area contributed by atoms with Gasteiger partial charge >= 0.3 is 0 Å². The summed E-state index contributed by atoms with van der Waals surface area (Å²) in [6.07, 6.45) is 43.5. The Morgan fingerprint density at radius 3 is 1.46 bits per heavy atom. The molecule has 0 rings (SSSR count). The number of amides is 1. The van der Waals surface area contributed by atoms with E-state index in [1.54, 1.807) is 6.08 Å². The fourth-order valence-electron chi connectivity index (χ4n) is 6.72. The second-order valence-electron chi connectivity index (χ2n) is 16.0. The molecule has 0 aliphatic heterocycles. The molecule has 332 valence electrons. The normalized spacial score (nSPS) is 17.5. The van der Waals surface area contributed by atoms with Crippen molar-refractivity contribution < 1.29 is 45.2 Å². The second-order valence-corrected chi connectivity index (χ2v) is 17.4. The van der Waals surface area contributed by atoms with Crippen molar-refractivity contribution in [2.24, 2.45) is 0 Å². The predicted octanol–water partition coefficient (Wildman–Crippen LogP) is 12.7. The van der Waals surface area contributed by atoms with Crippen LogP contribution in [0.25, 0.3) is 0 Å². The van der Waals surface area contributed by atoms with E-state index in [4.69, 9.17) is 21.4 Å². The summed E-state index contributed by atoms with van der Waals surface area (Å²) in [6, 6.07) is -1.18. The van der Waals surface area contributed by atoms with E-state index in [0.717, 1.165) is 44.9 Å². The van der Waals surface area contributed by atoms with Gasteiger partial charge in [0.05, 0.1) is 52.0 Å². The third-order valence-electron chi connectivity index (χ3n) is 10.3. The molecule has 0 bridgehead atoms. The van der Waals surface area contributed by atoms with Gasteiger partial charge in [0.2, 0.25) is 5.91 Å². The Hall–Kier alpha value is -1.02. The van der Waals surface area contributed by atoms with Crippen molar-refractivity contribution in [2.45, 2.75) is 231 Å². The van der Waals surface area contributed by atoms with Crippen LogP contribution in [0.1, 0.15) is 232 Å². The quantitative estimate of drug-likeness (QED) is 0.0274. The number of aliphatic hydroxyl groups excluding tert-OH is 1. The molecule has 0 aliphatic rings. The zero-order valence-electron chi connectivity index (χ0n) is 45.1. The number of phosphoric acid groups is 1. The first-order chi connectivity index (χ1) is 30.8. The average molecular weight is 822 g/mol. The van der Waals surface area contributed by atoms with Gasteiger partial charge in [0, 0.05) is 6.42 Å². The molecule has 0 radical (unpaired) electrons. The van der Waals surface area contributed by atoms with Crippen LogP contribution in [0.2, 0.25) is 0 Å². The van der Waals surface area contributed by atoms with Gasteiger partial charge in [0.1, 0.15) is 13.2 Å². The third-order valence-corrected chi connectivity index (χ3v) is 11.3. The highest BCUT2D eigenvalue weighted by atomic mass is 31.2. The van der Waals surface area contributed by atoms with Gasteiger partial charge in [-0.3, -0.25) is 9.36 Å². The molecule has 9 heteroatoms. The summed E-state index contributed by atoms with van der Waals surface area (Å²) in [5.41, 5.74) is 0. The van der Waals surface area contributed by atoms with Crippen LogP contribution in [0.4, 0.5) is 0 Å². The standard InChI is InChI=1S/C47H93N2O6P/c1-6-8-10-12-14-16-18-20-21-22-23-24-25-26-27-29-31-33-35-37-39-41-47(51)48-45(44-55-56(52,53)54-43-42-49(3,4)5)46(50)40-38-36-34-32-30-28-19-17-15-13-11-9-7-2/h20-21,38,40,45-46,50H,6-19,22-37,39,41-44H2,1-5H3,(H-,48,51,52,53)/b21-20+,40-38+/t45-,46+/m0/s1/i3D3,4D3,5D3. The number of quaternary nitrogens is 1. The van der Waals surface area contributed by atoms with Crippen LogP contribution in [0.3, 0.4) is 0 Å². The van der Waals surface area contributed by atoms with E-state index in [1.165, 1.54) is 147 Å². The molecule has 0 saturated carbocycles. The molecule has 0 aromatic heterocycles. The Morgan fingerprint density at radius 1 is 0.643 bits per heavy atom. The van der Waals surface area contributed by atoms with Crippen LogP contribution in [-0.2, 0) is 18.4 Å². The van der Waals surface area contributed by atoms with Crippen LogP contribution in [0.15, 0.2) is 24.3 Å². The summed E-state index contributed by atoms with van der Waals surface area (Å²) in [4.78, 5) is 25.8. The minimum atomic E-state index is -5.29. The molecule has 8 nitrogen and oxygen atoms in total. The molecule has 2 N–H and O–H groups in total. The smallest absolute Gasteiger partial charge is 0.268 e. The number of carbonyl (C=O) groups excluding carboxylic acids is 1. The number of aliphatic hydroxyl groups is 1. The van der Waals surface area contributed by atoms with Crippen LogP contribution in [-0.4, -0.2) is 68.3 Å². The second kappa shape index (κ2) is 39.4. The highest BCUT2D eigenvalue weighted by molar-refractivity contribution is 7.45. The third kappa shape index (κ3) is 41.2. The Kier molecular flexibility index (Phi) is 28.4. The number of likely N-dealkylation sites (N-methyl/N-ethyl adjacent to an activating group) is 1. The maximum atomic E-state index is 13.0. The fourth-order valence-corrected chi connectivity index (χ4v) is 7.44. The number of carbonyl (C=O) groups is 1. The molecule has 0 aromatic rings. The number of hydrogen-bond acceptors (Lipinski definition) is 6. The van der Waals surface area contributed by atoms with Crippen LogP contribution in [0.5, 0.6) is 0 Å². The van der Waals surface area contributed by atoms with Gasteiger partial charge in [-0.15, -0.1) is 0 Å². The van der Waals surface area contributed by atoms with Gasteiger partial charge in [0.25, 0.3) is 7.82 Å². The molecule has 56 heavy (non-hydrogen) atoms. The van der Waals surface area contributed by atoms with Gasteiger partial charge < -0.3 is 28.8 Å². The summed E-state index contributed by atoms with van der Waals surface area (Å²) in [5, 5.41) is 13.7.